The smallest absolute Gasteiger partial charge is 0.251 e. The van der Waals surface area contributed by atoms with Crippen molar-refractivity contribution >= 4 is 27.3 Å². The number of carbonyl (C=O) groups is 1. The van der Waals surface area contributed by atoms with Crippen LogP contribution in [-0.2, 0) is 10.0 Å². The van der Waals surface area contributed by atoms with Crippen molar-refractivity contribution in [1.29, 1.82) is 0 Å². The molecule has 0 spiro atoms. The van der Waals surface area contributed by atoms with Gasteiger partial charge in [-0.25, -0.2) is 8.42 Å². The number of amides is 1. The van der Waals surface area contributed by atoms with Crippen molar-refractivity contribution in [2.75, 3.05) is 26.2 Å². The second-order valence-corrected chi connectivity index (χ2v) is 11.7. The number of sulfonamides is 1. The lowest BCUT2D eigenvalue weighted by molar-refractivity contribution is 0.0907. The Labute approximate surface area is 195 Å². The zero-order chi connectivity index (χ0) is 22.6. The Morgan fingerprint density at radius 2 is 1.66 bits per heavy atom. The van der Waals surface area contributed by atoms with Crippen LogP contribution in [0, 0.1) is 0 Å². The number of benzene rings is 1. The van der Waals surface area contributed by atoms with Gasteiger partial charge in [-0.2, -0.15) is 4.31 Å². The van der Waals surface area contributed by atoms with Crippen molar-refractivity contribution in [3.05, 3.63) is 52.2 Å². The summed E-state index contributed by atoms with van der Waals surface area (Å²) >= 11 is 1.71. The quantitative estimate of drug-likeness (QED) is 0.649. The van der Waals surface area contributed by atoms with Crippen LogP contribution in [0.3, 0.4) is 0 Å². The molecule has 2 aliphatic rings. The molecule has 0 unspecified atom stereocenters. The zero-order valence-electron chi connectivity index (χ0n) is 18.7. The minimum Gasteiger partial charge on any atom is -0.348 e. The number of hydrogen-bond acceptors (Lipinski definition) is 5. The summed E-state index contributed by atoms with van der Waals surface area (Å²) in [4.78, 5) is 17.0. The Morgan fingerprint density at radius 3 is 2.31 bits per heavy atom. The molecule has 4 rings (SSSR count). The molecule has 1 aromatic carbocycles. The van der Waals surface area contributed by atoms with Gasteiger partial charge in [0.25, 0.3) is 5.91 Å². The molecule has 2 aromatic rings. The maximum atomic E-state index is 13.2. The summed E-state index contributed by atoms with van der Waals surface area (Å²) in [6, 6.07) is 10.7. The minimum absolute atomic E-state index is 0.0925. The minimum atomic E-state index is -3.59. The SMILES string of the molecule is C[C@@H](NC(=O)c1cccc(S(=O)(=O)N2CCCCCC2)c1)[C@@H](c1cccs1)N1CCCC1. The summed E-state index contributed by atoms with van der Waals surface area (Å²) in [5.41, 5.74) is 0.388. The van der Waals surface area contributed by atoms with Gasteiger partial charge in [0, 0.05) is 29.6 Å². The average molecular weight is 476 g/mol. The summed E-state index contributed by atoms with van der Waals surface area (Å²) in [6.45, 7) is 5.21. The van der Waals surface area contributed by atoms with Crippen molar-refractivity contribution < 1.29 is 13.2 Å². The van der Waals surface area contributed by atoms with E-state index in [2.05, 4.69) is 27.7 Å². The van der Waals surface area contributed by atoms with E-state index in [1.165, 1.54) is 23.8 Å². The van der Waals surface area contributed by atoms with Gasteiger partial charge in [-0.05, 0) is 75.3 Å². The number of carbonyl (C=O) groups excluding carboxylic acids is 1. The van der Waals surface area contributed by atoms with E-state index in [1.54, 1.807) is 33.8 Å². The molecule has 2 aliphatic heterocycles. The highest BCUT2D eigenvalue weighted by Crippen LogP contribution is 2.31. The molecular weight excluding hydrogens is 442 g/mol. The molecule has 2 fully saturated rings. The lowest BCUT2D eigenvalue weighted by Gasteiger charge is -2.32. The molecule has 8 heteroatoms. The van der Waals surface area contributed by atoms with E-state index in [0.29, 0.717) is 18.7 Å². The number of hydrogen-bond donors (Lipinski definition) is 1. The average Bonchev–Trinajstić information content (AvgIpc) is 3.44. The summed E-state index contributed by atoms with van der Waals surface area (Å²) in [6.07, 6.45) is 6.26. The van der Waals surface area contributed by atoms with E-state index >= 15 is 0 Å². The molecule has 0 aliphatic carbocycles. The van der Waals surface area contributed by atoms with Crippen LogP contribution in [0.5, 0.6) is 0 Å². The Bertz CT molecular complexity index is 993. The predicted molar refractivity (Wildman–Crippen MR) is 128 cm³/mol. The fraction of sp³-hybridized carbons (Fsp3) is 0.542. The number of nitrogens with zero attached hydrogens (tertiary/aromatic N) is 2. The Hall–Kier alpha value is -1.74. The molecule has 0 saturated carbocycles. The molecule has 0 radical (unpaired) electrons. The standard InChI is InChI=1S/C24H33N3O3S2/c1-19(23(22-12-9-17-31-22)26-13-6-7-14-26)25-24(28)20-10-8-11-21(18-20)32(29,30)27-15-4-2-3-5-16-27/h8-12,17-19,23H,2-7,13-16H2,1H3,(H,25,28)/t19-,23+/m1/s1. The summed E-state index contributed by atoms with van der Waals surface area (Å²) in [5, 5.41) is 5.22. The van der Waals surface area contributed by atoms with Crippen LogP contribution in [0.25, 0.3) is 0 Å². The van der Waals surface area contributed by atoms with Gasteiger partial charge in [-0.15, -0.1) is 11.3 Å². The molecule has 6 nitrogen and oxygen atoms in total. The molecule has 1 N–H and O–H groups in total. The van der Waals surface area contributed by atoms with Gasteiger partial charge in [0.15, 0.2) is 0 Å². The summed E-state index contributed by atoms with van der Waals surface area (Å²) in [7, 11) is -3.59. The van der Waals surface area contributed by atoms with Gasteiger partial charge < -0.3 is 5.32 Å². The topological polar surface area (TPSA) is 69.7 Å². The van der Waals surface area contributed by atoms with Crippen molar-refractivity contribution in [1.82, 2.24) is 14.5 Å². The fourth-order valence-corrected chi connectivity index (χ4v) is 7.35. The number of nitrogens with one attached hydrogen (secondary N) is 1. The molecule has 174 valence electrons. The highest BCUT2D eigenvalue weighted by atomic mass is 32.2. The van der Waals surface area contributed by atoms with Gasteiger partial charge in [0.1, 0.15) is 0 Å². The zero-order valence-corrected chi connectivity index (χ0v) is 20.3. The normalized spacial score (nSPS) is 20.5. The van der Waals surface area contributed by atoms with Crippen molar-refractivity contribution in [2.24, 2.45) is 0 Å². The Balaban J connectivity index is 1.50. The highest BCUT2D eigenvalue weighted by molar-refractivity contribution is 7.89. The predicted octanol–water partition coefficient (Wildman–Crippen LogP) is 4.27. The van der Waals surface area contributed by atoms with Crippen LogP contribution in [0.2, 0.25) is 0 Å². The number of rotatable bonds is 7. The van der Waals surface area contributed by atoms with Crippen molar-refractivity contribution in [3.63, 3.8) is 0 Å². The Morgan fingerprint density at radius 1 is 0.969 bits per heavy atom. The van der Waals surface area contributed by atoms with E-state index in [4.69, 9.17) is 0 Å². The first-order chi connectivity index (χ1) is 15.5. The van der Waals surface area contributed by atoms with E-state index in [-0.39, 0.29) is 22.9 Å². The van der Waals surface area contributed by atoms with Crippen LogP contribution in [0.15, 0.2) is 46.7 Å². The van der Waals surface area contributed by atoms with Gasteiger partial charge in [0.05, 0.1) is 10.9 Å². The van der Waals surface area contributed by atoms with E-state index < -0.39 is 10.0 Å². The lowest BCUT2D eigenvalue weighted by Crippen LogP contribution is -2.43. The number of likely N-dealkylation sites (tertiary alicyclic amines) is 1. The van der Waals surface area contributed by atoms with Crippen LogP contribution in [0.4, 0.5) is 0 Å². The maximum Gasteiger partial charge on any atom is 0.251 e. The number of thiophene rings is 1. The second kappa shape index (κ2) is 10.5. The third-order valence-corrected chi connectivity index (χ3v) is 9.34. The Kier molecular flexibility index (Phi) is 7.66. The third kappa shape index (κ3) is 5.25. The molecule has 1 amide bonds. The first-order valence-electron chi connectivity index (χ1n) is 11.7. The van der Waals surface area contributed by atoms with E-state index in [1.807, 2.05) is 6.92 Å². The van der Waals surface area contributed by atoms with Crippen LogP contribution in [-0.4, -0.2) is 55.8 Å². The van der Waals surface area contributed by atoms with E-state index in [9.17, 15) is 13.2 Å². The highest BCUT2D eigenvalue weighted by Gasteiger charge is 2.31. The second-order valence-electron chi connectivity index (χ2n) is 8.81. The molecule has 2 atom stereocenters. The third-order valence-electron chi connectivity index (χ3n) is 6.50. The van der Waals surface area contributed by atoms with Gasteiger partial charge in [-0.1, -0.05) is 25.0 Å². The molecule has 2 saturated heterocycles. The maximum absolute atomic E-state index is 13.2. The van der Waals surface area contributed by atoms with Crippen molar-refractivity contribution in [2.45, 2.75) is 62.4 Å². The molecule has 3 heterocycles. The van der Waals surface area contributed by atoms with Crippen LogP contribution in [0.1, 0.15) is 66.7 Å². The van der Waals surface area contributed by atoms with Crippen molar-refractivity contribution in [3.8, 4) is 0 Å². The summed E-state index contributed by atoms with van der Waals surface area (Å²) < 4.78 is 27.9. The van der Waals surface area contributed by atoms with Gasteiger partial charge in [-0.3, -0.25) is 9.69 Å². The lowest BCUT2D eigenvalue weighted by atomic mass is 10.1. The largest absolute Gasteiger partial charge is 0.348 e. The monoisotopic (exact) mass is 475 g/mol. The molecule has 32 heavy (non-hydrogen) atoms. The van der Waals surface area contributed by atoms with E-state index in [0.717, 1.165) is 38.8 Å². The summed E-state index contributed by atoms with van der Waals surface area (Å²) in [5.74, 6) is -0.230. The molecule has 1 aromatic heterocycles. The first kappa shape index (κ1) is 23.4. The molecule has 0 bridgehead atoms. The van der Waals surface area contributed by atoms with Gasteiger partial charge >= 0.3 is 0 Å². The molecular formula is C24H33N3O3S2. The van der Waals surface area contributed by atoms with Crippen LogP contribution >= 0.6 is 11.3 Å². The van der Waals surface area contributed by atoms with Gasteiger partial charge in [0.2, 0.25) is 10.0 Å². The first-order valence-corrected chi connectivity index (χ1v) is 14.0. The fourth-order valence-electron chi connectivity index (χ4n) is 4.82. The van der Waals surface area contributed by atoms with Crippen LogP contribution < -0.4 is 5.32 Å².